The van der Waals surface area contributed by atoms with E-state index < -0.39 is 12.1 Å². The Morgan fingerprint density at radius 3 is 2.29 bits per heavy atom. The predicted octanol–water partition coefficient (Wildman–Crippen LogP) is 5.27. The summed E-state index contributed by atoms with van der Waals surface area (Å²) < 4.78 is 28.9. The van der Waals surface area contributed by atoms with Crippen molar-refractivity contribution in [1.82, 2.24) is 0 Å². The van der Waals surface area contributed by atoms with Gasteiger partial charge in [-0.3, -0.25) is 0 Å². The van der Waals surface area contributed by atoms with Crippen LogP contribution in [0.3, 0.4) is 0 Å². The van der Waals surface area contributed by atoms with Crippen LogP contribution < -0.4 is 23.7 Å². The molecule has 0 fully saturated rings. The number of ether oxygens (including phenoxy) is 5. The van der Waals surface area contributed by atoms with Gasteiger partial charge in [0.05, 0.1) is 18.8 Å². The summed E-state index contributed by atoms with van der Waals surface area (Å²) in [6, 6.07) is 18.2. The van der Waals surface area contributed by atoms with Gasteiger partial charge in [0.1, 0.15) is 30.5 Å². The molecule has 3 aromatic rings. The van der Waals surface area contributed by atoms with Crippen molar-refractivity contribution in [2.45, 2.75) is 26.1 Å². The smallest absolute Gasteiger partial charge is 0.336 e. The van der Waals surface area contributed by atoms with Crippen LogP contribution in [-0.4, -0.2) is 37.5 Å². The van der Waals surface area contributed by atoms with Crippen LogP contribution in [0.5, 0.6) is 28.7 Å². The van der Waals surface area contributed by atoms with Crippen molar-refractivity contribution in [2.75, 3.05) is 20.3 Å². The lowest BCUT2D eigenvalue weighted by Crippen LogP contribution is -2.24. The quantitative estimate of drug-likeness (QED) is 0.521. The van der Waals surface area contributed by atoms with Gasteiger partial charge in [0.2, 0.25) is 0 Å². The first kappa shape index (κ1) is 22.7. The molecule has 0 radical (unpaired) electrons. The number of aliphatic carboxylic acids is 1. The fourth-order valence-electron chi connectivity index (χ4n) is 4.36. The van der Waals surface area contributed by atoms with Crippen molar-refractivity contribution < 1.29 is 33.6 Å². The average molecular weight is 475 g/mol. The zero-order valence-corrected chi connectivity index (χ0v) is 19.7. The van der Waals surface area contributed by atoms with Crippen LogP contribution in [0.15, 0.2) is 66.2 Å². The van der Waals surface area contributed by atoms with E-state index in [-0.39, 0.29) is 11.7 Å². The van der Waals surface area contributed by atoms with Gasteiger partial charge >= 0.3 is 5.97 Å². The Balaban J connectivity index is 1.71. The number of methoxy groups -OCH3 is 1. The highest BCUT2D eigenvalue weighted by Crippen LogP contribution is 2.47. The molecule has 7 nitrogen and oxygen atoms in total. The van der Waals surface area contributed by atoms with Crippen LogP contribution in [0.1, 0.15) is 36.6 Å². The fraction of sp³-hybridized carbons (Fsp3) is 0.250. The van der Waals surface area contributed by atoms with Crippen LogP contribution in [0, 0.1) is 0 Å². The maximum absolute atomic E-state index is 12.8. The first-order valence-electron chi connectivity index (χ1n) is 11.4. The van der Waals surface area contributed by atoms with Gasteiger partial charge in [0.25, 0.3) is 0 Å². The highest BCUT2D eigenvalue weighted by atomic mass is 16.6. The largest absolute Gasteiger partial charge is 0.497 e. The second-order valence-electron chi connectivity index (χ2n) is 8.55. The number of hydrogen-bond donors (Lipinski definition) is 1. The van der Waals surface area contributed by atoms with Crippen LogP contribution >= 0.6 is 0 Å². The number of carbonyl (C=O) groups is 1. The highest BCUT2D eigenvalue weighted by Gasteiger charge is 2.36. The Kier molecular flexibility index (Phi) is 5.99. The first-order chi connectivity index (χ1) is 16.9. The summed E-state index contributed by atoms with van der Waals surface area (Å²) in [6.45, 7) is 4.79. The molecule has 0 spiro atoms. The molecule has 5 rings (SSSR count). The number of carboxylic acids is 1. The van der Waals surface area contributed by atoms with E-state index in [0.717, 1.165) is 5.56 Å². The minimum Gasteiger partial charge on any atom is -0.497 e. The maximum atomic E-state index is 12.8. The molecule has 1 N–H and O–H groups in total. The Bertz CT molecular complexity index is 1290. The van der Waals surface area contributed by atoms with Crippen molar-refractivity contribution in [3.63, 3.8) is 0 Å². The topological polar surface area (TPSA) is 83.5 Å². The molecule has 180 valence electrons. The standard InChI is InChI=1S/C28H26O7/c1-16(2)34-20-9-11-22-21(15-20)25(17-4-7-19(31-3)8-5-17)26(28(29)30)27(35-22)18-6-10-23-24(14-18)33-13-12-32-23/h4-11,14-16,27H,12-13H2,1-3H3,(H,29,30). The summed E-state index contributed by atoms with van der Waals surface area (Å²) in [5, 5.41) is 10.4. The van der Waals surface area contributed by atoms with E-state index in [4.69, 9.17) is 23.7 Å². The Hall–Kier alpha value is -4.13. The molecule has 35 heavy (non-hydrogen) atoms. The zero-order valence-electron chi connectivity index (χ0n) is 19.7. The maximum Gasteiger partial charge on any atom is 0.336 e. The molecule has 1 unspecified atom stereocenters. The van der Waals surface area contributed by atoms with E-state index in [2.05, 4.69) is 0 Å². The van der Waals surface area contributed by atoms with Crippen LogP contribution in [-0.2, 0) is 4.79 Å². The number of fused-ring (bicyclic) bond motifs is 2. The molecular weight excluding hydrogens is 448 g/mol. The minimum atomic E-state index is -1.07. The van der Waals surface area contributed by atoms with Crippen molar-refractivity contribution >= 4 is 11.5 Å². The van der Waals surface area contributed by atoms with E-state index in [9.17, 15) is 9.90 Å². The van der Waals surface area contributed by atoms with Crippen molar-refractivity contribution in [3.05, 3.63) is 82.9 Å². The van der Waals surface area contributed by atoms with Crippen molar-refractivity contribution in [3.8, 4) is 28.7 Å². The third kappa shape index (κ3) is 4.37. The summed E-state index contributed by atoms with van der Waals surface area (Å²) in [5.74, 6) is 2.01. The molecule has 0 aliphatic carbocycles. The van der Waals surface area contributed by atoms with E-state index in [1.165, 1.54) is 0 Å². The summed E-state index contributed by atoms with van der Waals surface area (Å²) in [5.41, 5.74) is 2.74. The van der Waals surface area contributed by atoms with E-state index in [1.54, 1.807) is 19.2 Å². The molecule has 0 saturated carbocycles. The molecule has 2 aliphatic heterocycles. The molecule has 7 heteroatoms. The summed E-state index contributed by atoms with van der Waals surface area (Å²) in [6.07, 6.45) is -0.889. The summed E-state index contributed by atoms with van der Waals surface area (Å²) in [4.78, 5) is 12.8. The fourth-order valence-corrected chi connectivity index (χ4v) is 4.36. The minimum absolute atomic E-state index is 0.0321. The number of carboxylic acid groups (broad SMARTS) is 1. The summed E-state index contributed by atoms with van der Waals surface area (Å²) in [7, 11) is 1.59. The molecule has 0 saturated heterocycles. The first-order valence-corrected chi connectivity index (χ1v) is 11.4. The third-order valence-corrected chi connectivity index (χ3v) is 5.85. The van der Waals surface area contributed by atoms with E-state index in [0.29, 0.717) is 58.7 Å². The van der Waals surface area contributed by atoms with Gasteiger partial charge in [0.15, 0.2) is 17.6 Å². The lowest BCUT2D eigenvalue weighted by molar-refractivity contribution is -0.133. The second-order valence-corrected chi connectivity index (χ2v) is 8.55. The second kappa shape index (κ2) is 9.25. The molecular formula is C28H26O7. The monoisotopic (exact) mass is 474 g/mol. The Morgan fingerprint density at radius 1 is 0.914 bits per heavy atom. The molecule has 0 bridgehead atoms. The Morgan fingerprint density at radius 2 is 1.60 bits per heavy atom. The SMILES string of the molecule is COc1ccc(C2=C(C(=O)O)C(c3ccc4c(c3)OCCO4)Oc3ccc(OC(C)C)cc32)cc1. The van der Waals surface area contributed by atoms with E-state index in [1.807, 2.05) is 62.4 Å². The van der Waals surface area contributed by atoms with Crippen LogP contribution in [0.2, 0.25) is 0 Å². The Labute approximate surface area is 203 Å². The van der Waals surface area contributed by atoms with Gasteiger partial charge in [-0.25, -0.2) is 4.79 Å². The third-order valence-electron chi connectivity index (χ3n) is 5.85. The molecule has 3 aromatic carbocycles. The normalized spacial score (nSPS) is 16.4. The lowest BCUT2D eigenvalue weighted by Gasteiger charge is -2.31. The van der Waals surface area contributed by atoms with Gasteiger partial charge in [-0.1, -0.05) is 18.2 Å². The van der Waals surface area contributed by atoms with Gasteiger partial charge < -0.3 is 28.8 Å². The zero-order chi connectivity index (χ0) is 24.5. The lowest BCUT2D eigenvalue weighted by atomic mass is 9.85. The molecule has 1 atom stereocenters. The van der Waals surface area contributed by atoms with Crippen LogP contribution in [0.4, 0.5) is 0 Å². The van der Waals surface area contributed by atoms with Crippen molar-refractivity contribution in [1.29, 1.82) is 0 Å². The highest BCUT2D eigenvalue weighted by molar-refractivity contribution is 6.04. The van der Waals surface area contributed by atoms with Crippen LogP contribution in [0.25, 0.3) is 5.57 Å². The van der Waals surface area contributed by atoms with Gasteiger partial charge in [-0.15, -0.1) is 0 Å². The van der Waals surface area contributed by atoms with Gasteiger partial charge in [-0.2, -0.15) is 0 Å². The van der Waals surface area contributed by atoms with Gasteiger partial charge in [-0.05, 0) is 61.9 Å². The molecule has 2 heterocycles. The average Bonchev–Trinajstić information content (AvgIpc) is 2.87. The molecule has 2 aliphatic rings. The van der Waals surface area contributed by atoms with Gasteiger partial charge in [0, 0.05) is 16.7 Å². The van der Waals surface area contributed by atoms with E-state index >= 15 is 0 Å². The summed E-state index contributed by atoms with van der Waals surface area (Å²) >= 11 is 0. The number of rotatable bonds is 6. The van der Waals surface area contributed by atoms with Crippen molar-refractivity contribution in [2.24, 2.45) is 0 Å². The molecule has 0 aromatic heterocycles. The molecule has 0 amide bonds. The number of benzene rings is 3. The number of hydrogen-bond acceptors (Lipinski definition) is 6. The predicted molar refractivity (Wildman–Crippen MR) is 130 cm³/mol.